The first kappa shape index (κ1) is 16.2. The van der Waals surface area contributed by atoms with Crippen LogP contribution in [0.5, 0.6) is 0 Å². The molecule has 8 nitrogen and oxygen atoms in total. The van der Waals surface area contributed by atoms with Crippen LogP contribution < -0.4 is 0 Å². The average Bonchev–Trinajstić information content (AvgIpc) is 3.30. The summed E-state index contributed by atoms with van der Waals surface area (Å²) in [6.45, 7) is 3.84. The smallest absolute Gasteiger partial charge is 0.348 e. The molecule has 1 atom stereocenters. The predicted molar refractivity (Wildman–Crippen MR) is 96.0 cm³/mol. The van der Waals surface area contributed by atoms with Gasteiger partial charge in [-0.1, -0.05) is 0 Å². The lowest BCUT2D eigenvalue weighted by atomic mass is 10.2. The van der Waals surface area contributed by atoms with Crippen LogP contribution in [0, 0.1) is 6.92 Å². The SMILES string of the molecule is COC(=O)c1sc2ncn3nc([C@H](C)n4cc(Br)cn4)nc3c2c1C. The summed E-state index contributed by atoms with van der Waals surface area (Å²) in [5.74, 6) is 0.253. The van der Waals surface area contributed by atoms with Crippen molar-refractivity contribution in [3.05, 3.63) is 39.5 Å². The second-order valence-corrected chi connectivity index (χ2v) is 7.44. The maximum Gasteiger partial charge on any atom is 0.348 e. The van der Waals surface area contributed by atoms with E-state index in [-0.39, 0.29) is 12.0 Å². The minimum atomic E-state index is -0.367. The molecule has 0 saturated heterocycles. The first-order valence-corrected chi connectivity index (χ1v) is 9.03. The number of halogens is 1. The minimum Gasteiger partial charge on any atom is -0.465 e. The Labute approximate surface area is 154 Å². The summed E-state index contributed by atoms with van der Waals surface area (Å²) in [7, 11) is 1.37. The quantitative estimate of drug-likeness (QED) is 0.473. The zero-order valence-corrected chi connectivity index (χ0v) is 16.0. The number of methoxy groups -OCH3 is 1. The van der Waals surface area contributed by atoms with Crippen LogP contribution in [0.3, 0.4) is 0 Å². The number of carbonyl (C=O) groups is 1. The van der Waals surface area contributed by atoms with E-state index in [0.29, 0.717) is 16.3 Å². The molecule has 128 valence electrons. The van der Waals surface area contributed by atoms with Crippen LogP contribution in [-0.4, -0.2) is 42.4 Å². The van der Waals surface area contributed by atoms with E-state index in [0.717, 1.165) is 20.3 Å². The largest absolute Gasteiger partial charge is 0.465 e. The second kappa shape index (κ2) is 5.88. The van der Waals surface area contributed by atoms with Gasteiger partial charge in [-0.05, 0) is 35.3 Å². The van der Waals surface area contributed by atoms with Crippen LogP contribution in [0.15, 0.2) is 23.2 Å². The summed E-state index contributed by atoms with van der Waals surface area (Å²) in [6.07, 6.45) is 5.20. The summed E-state index contributed by atoms with van der Waals surface area (Å²) in [4.78, 5) is 22.3. The summed E-state index contributed by atoms with van der Waals surface area (Å²) in [6, 6.07) is -0.139. The lowest BCUT2D eigenvalue weighted by Crippen LogP contribution is -2.09. The highest BCUT2D eigenvalue weighted by Gasteiger charge is 2.22. The summed E-state index contributed by atoms with van der Waals surface area (Å²) < 4.78 is 9.15. The van der Waals surface area contributed by atoms with Crippen molar-refractivity contribution in [3.8, 4) is 0 Å². The van der Waals surface area contributed by atoms with Crippen molar-refractivity contribution in [2.75, 3.05) is 7.11 Å². The third kappa shape index (κ3) is 2.52. The second-order valence-electron chi connectivity index (χ2n) is 5.53. The number of nitrogens with zero attached hydrogens (tertiary/aromatic N) is 6. The van der Waals surface area contributed by atoms with Gasteiger partial charge in [0.25, 0.3) is 0 Å². The fourth-order valence-corrected chi connectivity index (χ4v) is 4.02. The van der Waals surface area contributed by atoms with E-state index >= 15 is 0 Å². The number of fused-ring (bicyclic) bond motifs is 3. The van der Waals surface area contributed by atoms with E-state index in [4.69, 9.17) is 4.74 Å². The van der Waals surface area contributed by atoms with Gasteiger partial charge in [0.2, 0.25) is 0 Å². The van der Waals surface area contributed by atoms with Crippen LogP contribution in [0.25, 0.3) is 15.9 Å². The Balaban J connectivity index is 1.89. The summed E-state index contributed by atoms with van der Waals surface area (Å²) in [5, 5.41) is 9.63. The zero-order valence-electron chi connectivity index (χ0n) is 13.6. The maximum atomic E-state index is 11.9. The van der Waals surface area contributed by atoms with E-state index in [1.54, 1.807) is 21.7 Å². The average molecular weight is 421 g/mol. The molecule has 0 bridgehead atoms. The molecule has 0 amide bonds. The number of aromatic nitrogens is 6. The number of aryl methyl sites for hydroxylation is 1. The summed E-state index contributed by atoms with van der Waals surface area (Å²) >= 11 is 4.69. The molecule has 4 heterocycles. The molecule has 10 heteroatoms. The summed E-state index contributed by atoms with van der Waals surface area (Å²) in [5.41, 5.74) is 1.47. The van der Waals surface area contributed by atoms with Crippen LogP contribution in [-0.2, 0) is 4.74 Å². The normalized spacial score (nSPS) is 12.8. The molecule has 0 aliphatic rings. The predicted octanol–water partition coefficient (Wildman–Crippen LogP) is 3.00. The lowest BCUT2D eigenvalue weighted by Gasteiger charge is -2.06. The monoisotopic (exact) mass is 420 g/mol. The van der Waals surface area contributed by atoms with Gasteiger partial charge in [0.15, 0.2) is 11.5 Å². The van der Waals surface area contributed by atoms with Crippen LogP contribution in [0.4, 0.5) is 0 Å². The molecule has 0 aliphatic heterocycles. The van der Waals surface area contributed by atoms with E-state index in [2.05, 4.69) is 36.1 Å². The number of ether oxygens (including phenoxy) is 1. The van der Waals surface area contributed by atoms with E-state index in [9.17, 15) is 4.79 Å². The topological polar surface area (TPSA) is 87.2 Å². The van der Waals surface area contributed by atoms with Gasteiger partial charge in [-0.25, -0.2) is 19.3 Å². The van der Waals surface area contributed by atoms with Crippen LogP contribution >= 0.6 is 27.3 Å². The van der Waals surface area contributed by atoms with Crippen molar-refractivity contribution >= 4 is 49.1 Å². The fourth-order valence-electron chi connectivity index (χ4n) is 2.66. The number of carbonyl (C=O) groups excluding carboxylic acids is 1. The third-order valence-electron chi connectivity index (χ3n) is 4.00. The highest BCUT2D eigenvalue weighted by atomic mass is 79.9. The molecule has 0 N–H and O–H groups in total. The van der Waals surface area contributed by atoms with Gasteiger partial charge in [-0.15, -0.1) is 16.4 Å². The molecule has 0 spiro atoms. The fraction of sp³-hybridized carbons (Fsp3) is 0.267. The van der Waals surface area contributed by atoms with Crippen molar-refractivity contribution < 1.29 is 9.53 Å². The molecule has 4 rings (SSSR count). The van der Waals surface area contributed by atoms with Gasteiger partial charge < -0.3 is 4.74 Å². The molecule has 4 aromatic heterocycles. The molecule has 0 aromatic carbocycles. The molecular formula is C15H13BrN6O2S. The van der Waals surface area contributed by atoms with Crippen molar-refractivity contribution in [3.63, 3.8) is 0 Å². The molecule has 4 aromatic rings. The Morgan fingerprint density at radius 2 is 2.24 bits per heavy atom. The first-order valence-electron chi connectivity index (χ1n) is 7.42. The van der Waals surface area contributed by atoms with Crippen LogP contribution in [0.1, 0.15) is 34.0 Å². The molecule has 0 radical (unpaired) electrons. The molecular weight excluding hydrogens is 408 g/mol. The van der Waals surface area contributed by atoms with Gasteiger partial charge in [0.05, 0.1) is 23.2 Å². The van der Waals surface area contributed by atoms with Gasteiger partial charge in [-0.2, -0.15) is 5.10 Å². The Morgan fingerprint density at radius 1 is 1.44 bits per heavy atom. The Kier molecular flexibility index (Phi) is 3.80. The van der Waals surface area contributed by atoms with Crippen molar-refractivity contribution in [2.45, 2.75) is 19.9 Å². The molecule has 0 aliphatic carbocycles. The molecule has 25 heavy (non-hydrogen) atoms. The number of hydrogen-bond donors (Lipinski definition) is 0. The molecule has 0 unspecified atom stereocenters. The number of esters is 1. The highest BCUT2D eigenvalue weighted by molar-refractivity contribution is 9.10. The highest BCUT2D eigenvalue weighted by Crippen LogP contribution is 2.32. The van der Waals surface area contributed by atoms with Gasteiger partial charge in [-0.3, -0.25) is 4.68 Å². The lowest BCUT2D eigenvalue weighted by molar-refractivity contribution is 0.0605. The van der Waals surface area contributed by atoms with E-state index in [1.807, 2.05) is 20.0 Å². The number of rotatable bonds is 3. The van der Waals surface area contributed by atoms with Gasteiger partial charge in [0.1, 0.15) is 22.1 Å². The van der Waals surface area contributed by atoms with Gasteiger partial charge >= 0.3 is 5.97 Å². The third-order valence-corrected chi connectivity index (χ3v) is 5.58. The zero-order chi connectivity index (χ0) is 17.7. The molecule has 0 fully saturated rings. The Hall–Kier alpha value is -2.33. The van der Waals surface area contributed by atoms with Crippen molar-refractivity contribution in [2.24, 2.45) is 0 Å². The number of thiophene rings is 1. The van der Waals surface area contributed by atoms with Crippen LogP contribution in [0.2, 0.25) is 0 Å². The van der Waals surface area contributed by atoms with E-state index < -0.39 is 0 Å². The van der Waals surface area contributed by atoms with Crippen molar-refractivity contribution in [1.29, 1.82) is 0 Å². The van der Waals surface area contributed by atoms with E-state index in [1.165, 1.54) is 18.4 Å². The first-order chi connectivity index (χ1) is 12.0. The maximum absolute atomic E-state index is 11.9. The Bertz CT molecular complexity index is 1110. The Morgan fingerprint density at radius 3 is 2.92 bits per heavy atom. The van der Waals surface area contributed by atoms with Crippen molar-refractivity contribution in [1.82, 2.24) is 29.4 Å². The standard InChI is InChI=1S/C15H13BrN6O2S/c1-7-10-13-19-12(8(2)21-5-9(16)4-18-21)20-22(13)6-17-14(10)25-11(7)15(23)24-3/h4-6,8H,1-3H3/t8-/m0/s1. The van der Waals surface area contributed by atoms with Gasteiger partial charge in [0, 0.05) is 6.20 Å². The minimum absolute atomic E-state index is 0.139. The number of hydrogen-bond acceptors (Lipinski definition) is 7. The molecule has 0 saturated carbocycles.